The van der Waals surface area contributed by atoms with E-state index in [2.05, 4.69) is 13.8 Å². The van der Waals surface area contributed by atoms with E-state index in [1.165, 1.54) is 122 Å². The van der Waals surface area contributed by atoms with E-state index in [4.69, 9.17) is 5.11 Å². The predicted molar refractivity (Wildman–Crippen MR) is 119 cm³/mol. The maximum Gasteiger partial charge on any atom is 0.303 e. The van der Waals surface area contributed by atoms with Crippen molar-refractivity contribution >= 4 is 5.97 Å². The minimum atomic E-state index is -0.653. The summed E-state index contributed by atoms with van der Waals surface area (Å²) in [4.78, 5) is 10.5. The van der Waals surface area contributed by atoms with Gasteiger partial charge in [0.25, 0.3) is 0 Å². The molecule has 0 saturated carbocycles. The molecule has 0 saturated heterocycles. The molecule has 0 aromatic carbocycles. The van der Waals surface area contributed by atoms with Crippen molar-refractivity contribution in [2.24, 2.45) is 5.92 Å². The van der Waals surface area contributed by atoms with Gasteiger partial charge in [0.1, 0.15) is 0 Å². The van der Waals surface area contributed by atoms with Crippen LogP contribution in [-0.4, -0.2) is 11.1 Å². The Hall–Kier alpha value is -0.530. The summed E-state index contributed by atoms with van der Waals surface area (Å²) >= 11 is 0. The van der Waals surface area contributed by atoms with Gasteiger partial charge in [0.15, 0.2) is 0 Å². The fourth-order valence-corrected chi connectivity index (χ4v) is 3.91. The molecule has 0 amide bonds. The molecule has 0 bridgehead atoms. The highest BCUT2D eigenvalue weighted by atomic mass is 16.4. The smallest absolute Gasteiger partial charge is 0.303 e. The van der Waals surface area contributed by atoms with Gasteiger partial charge < -0.3 is 5.11 Å². The molecule has 2 nitrogen and oxygen atoms in total. The van der Waals surface area contributed by atoms with Gasteiger partial charge in [0.2, 0.25) is 0 Å². The number of carbonyl (C=O) groups is 1. The van der Waals surface area contributed by atoms with Gasteiger partial charge in [0, 0.05) is 6.42 Å². The monoisotopic (exact) mass is 382 g/mol. The van der Waals surface area contributed by atoms with E-state index in [0.29, 0.717) is 12.3 Å². The first kappa shape index (κ1) is 26.5. The van der Waals surface area contributed by atoms with Gasteiger partial charge in [-0.1, -0.05) is 136 Å². The first-order valence-electron chi connectivity index (χ1n) is 12.4. The van der Waals surface area contributed by atoms with Crippen LogP contribution in [0.15, 0.2) is 0 Å². The van der Waals surface area contributed by atoms with Crippen LogP contribution in [0.3, 0.4) is 0 Å². The second-order valence-corrected chi connectivity index (χ2v) is 8.84. The Morgan fingerprint density at radius 2 is 0.926 bits per heavy atom. The standard InChI is InChI=1S/C25H50O2/c1-3-4-5-6-7-8-9-10-11-12-13-14-15-16-17-18-19-20-21-24(2)22-23-25(26)27/h24H,3-23H2,1-2H3,(H,26,27)/t24-/m1/s1. The summed E-state index contributed by atoms with van der Waals surface area (Å²) in [6, 6.07) is 0. The molecular weight excluding hydrogens is 332 g/mol. The second kappa shape index (κ2) is 21.8. The van der Waals surface area contributed by atoms with Crippen molar-refractivity contribution in [1.82, 2.24) is 0 Å². The topological polar surface area (TPSA) is 37.3 Å². The lowest BCUT2D eigenvalue weighted by Crippen LogP contribution is -2.01. The number of aliphatic carboxylic acids is 1. The molecule has 0 aliphatic carbocycles. The van der Waals surface area contributed by atoms with Crippen LogP contribution >= 0.6 is 0 Å². The number of hydrogen-bond acceptors (Lipinski definition) is 1. The van der Waals surface area contributed by atoms with E-state index in [0.717, 1.165) is 6.42 Å². The predicted octanol–water partition coefficient (Wildman–Crippen LogP) is 8.92. The van der Waals surface area contributed by atoms with Crippen molar-refractivity contribution < 1.29 is 9.90 Å². The molecule has 162 valence electrons. The highest BCUT2D eigenvalue weighted by Gasteiger charge is 2.05. The minimum Gasteiger partial charge on any atom is -0.481 e. The molecule has 0 rings (SSSR count). The van der Waals surface area contributed by atoms with E-state index in [1.54, 1.807) is 0 Å². The zero-order valence-electron chi connectivity index (χ0n) is 18.8. The minimum absolute atomic E-state index is 0.334. The number of carboxylic acid groups (broad SMARTS) is 1. The van der Waals surface area contributed by atoms with Crippen LogP contribution in [0.5, 0.6) is 0 Å². The third-order valence-corrected chi connectivity index (χ3v) is 5.90. The Kier molecular flexibility index (Phi) is 21.3. The average Bonchev–Trinajstić information content (AvgIpc) is 2.65. The van der Waals surface area contributed by atoms with Crippen molar-refractivity contribution in [3.8, 4) is 0 Å². The summed E-state index contributed by atoms with van der Waals surface area (Å²) in [7, 11) is 0. The van der Waals surface area contributed by atoms with Crippen LogP contribution in [0.4, 0.5) is 0 Å². The van der Waals surface area contributed by atoms with E-state index in [-0.39, 0.29) is 0 Å². The summed E-state index contributed by atoms with van der Waals surface area (Å²) < 4.78 is 0. The molecule has 1 atom stereocenters. The number of unbranched alkanes of at least 4 members (excludes halogenated alkanes) is 17. The molecule has 0 spiro atoms. The molecule has 0 unspecified atom stereocenters. The van der Waals surface area contributed by atoms with Gasteiger partial charge in [-0.15, -0.1) is 0 Å². The summed E-state index contributed by atoms with van der Waals surface area (Å²) in [5.74, 6) is -0.0817. The fraction of sp³-hybridized carbons (Fsp3) is 0.960. The molecule has 0 fully saturated rings. The first-order valence-corrected chi connectivity index (χ1v) is 12.4. The van der Waals surface area contributed by atoms with Crippen molar-refractivity contribution in [3.05, 3.63) is 0 Å². The molecule has 0 aromatic rings. The van der Waals surface area contributed by atoms with Crippen LogP contribution in [0, 0.1) is 5.92 Å². The van der Waals surface area contributed by atoms with Crippen LogP contribution < -0.4 is 0 Å². The molecule has 0 aliphatic heterocycles. The molecule has 0 heterocycles. The lowest BCUT2D eigenvalue weighted by molar-refractivity contribution is -0.137. The zero-order valence-corrected chi connectivity index (χ0v) is 18.8. The number of hydrogen-bond donors (Lipinski definition) is 1. The lowest BCUT2D eigenvalue weighted by atomic mass is 9.97. The zero-order chi connectivity index (χ0) is 20.0. The third-order valence-electron chi connectivity index (χ3n) is 5.90. The Balaban J connectivity index is 3.08. The van der Waals surface area contributed by atoms with Crippen LogP contribution in [0.25, 0.3) is 0 Å². The quantitative estimate of drug-likeness (QED) is 0.190. The fourth-order valence-electron chi connectivity index (χ4n) is 3.91. The van der Waals surface area contributed by atoms with Gasteiger partial charge in [-0.25, -0.2) is 0 Å². The van der Waals surface area contributed by atoms with Crippen molar-refractivity contribution in [2.45, 2.75) is 149 Å². The van der Waals surface area contributed by atoms with Crippen molar-refractivity contribution in [1.29, 1.82) is 0 Å². The summed E-state index contributed by atoms with van der Waals surface area (Å²) in [5, 5.41) is 8.69. The summed E-state index contributed by atoms with van der Waals surface area (Å²) in [6.07, 6.45) is 27.9. The van der Waals surface area contributed by atoms with E-state index in [1.807, 2.05) is 0 Å². The number of rotatable bonds is 22. The SMILES string of the molecule is CCCCCCCCCCCCCCCCCCCC[C@@H](C)CCC(=O)O. The molecular formula is C25H50O2. The maximum atomic E-state index is 10.5. The van der Waals surface area contributed by atoms with Crippen molar-refractivity contribution in [3.63, 3.8) is 0 Å². The Morgan fingerprint density at radius 3 is 1.26 bits per heavy atom. The first-order chi connectivity index (χ1) is 13.2. The molecule has 0 aliphatic rings. The molecule has 1 N–H and O–H groups in total. The summed E-state index contributed by atoms with van der Waals surface area (Å²) in [5.41, 5.74) is 0. The largest absolute Gasteiger partial charge is 0.481 e. The normalized spacial score (nSPS) is 12.4. The Bertz CT molecular complexity index is 301. The van der Waals surface area contributed by atoms with Gasteiger partial charge in [-0.3, -0.25) is 4.79 Å². The molecule has 0 aromatic heterocycles. The van der Waals surface area contributed by atoms with Gasteiger partial charge >= 0.3 is 5.97 Å². The highest BCUT2D eigenvalue weighted by Crippen LogP contribution is 2.17. The van der Waals surface area contributed by atoms with E-state index < -0.39 is 5.97 Å². The Labute approximate surface area is 170 Å². The number of carboxylic acids is 1. The van der Waals surface area contributed by atoms with Gasteiger partial charge in [-0.2, -0.15) is 0 Å². The lowest BCUT2D eigenvalue weighted by Gasteiger charge is -2.09. The summed E-state index contributed by atoms with van der Waals surface area (Å²) in [6.45, 7) is 4.48. The molecule has 2 heteroatoms. The Morgan fingerprint density at radius 1 is 0.593 bits per heavy atom. The van der Waals surface area contributed by atoms with Crippen LogP contribution in [0.2, 0.25) is 0 Å². The second-order valence-electron chi connectivity index (χ2n) is 8.84. The average molecular weight is 383 g/mol. The van der Waals surface area contributed by atoms with Crippen LogP contribution in [0.1, 0.15) is 149 Å². The molecule has 27 heavy (non-hydrogen) atoms. The van der Waals surface area contributed by atoms with E-state index in [9.17, 15) is 4.79 Å². The van der Waals surface area contributed by atoms with Gasteiger partial charge in [-0.05, 0) is 12.3 Å². The van der Waals surface area contributed by atoms with Crippen molar-refractivity contribution in [2.75, 3.05) is 0 Å². The van der Waals surface area contributed by atoms with Crippen LogP contribution in [-0.2, 0) is 4.79 Å². The molecule has 0 radical (unpaired) electrons. The third kappa shape index (κ3) is 23.4. The maximum absolute atomic E-state index is 10.5. The van der Waals surface area contributed by atoms with Gasteiger partial charge in [0.05, 0.1) is 0 Å². The highest BCUT2D eigenvalue weighted by molar-refractivity contribution is 5.66. The van der Waals surface area contributed by atoms with E-state index >= 15 is 0 Å².